The van der Waals surface area contributed by atoms with Gasteiger partial charge in [0.15, 0.2) is 0 Å². The van der Waals surface area contributed by atoms with Crippen molar-refractivity contribution in [1.29, 1.82) is 0 Å². The molecule has 0 radical (unpaired) electrons. The molecule has 0 bridgehead atoms. The molecule has 4 N–H and O–H groups in total. The number of hydrogen-bond acceptors (Lipinski definition) is 4. The number of rotatable bonds is 7. The molecule has 0 aliphatic carbocycles. The van der Waals surface area contributed by atoms with Gasteiger partial charge in [0.2, 0.25) is 0 Å². The van der Waals surface area contributed by atoms with E-state index in [2.05, 4.69) is 19.2 Å². The van der Waals surface area contributed by atoms with Crippen LogP contribution in [0.1, 0.15) is 29.8 Å². The molecule has 0 aliphatic heterocycles. The zero-order valence-electron chi connectivity index (χ0n) is 11.7. The molecule has 0 fully saturated rings. The van der Waals surface area contributed by atoms with E-state index in [4.69, 9.17) is 15.6 Å². The number of anilines is 2. The Balaban J connectivity index is 2.57. The molecule has 0 amide bonds. The highest BCUT2D eigenvalue weighted by molar-refractivity contribution is 5.95. The summed E-state index contributed by atoms with van der Waals surface area (Å²) < 4.78 is 5.44. The number of hydrogen-bond donors (Lipinski definition) is 3. The zero-order chi connectivity index (χ0) is 14.4. The van der Waals surface area contributed by atoms with E-state index < -0.39 is 5.97 Å². The average molecular weight is 266 g/mol. The highest BCUT2D eigenvalue weighted by atomic mass is 16.5. The van der Waals surface area contributed by atoms with Crippen molar-refractivity contribution in [3.05, 3.63) is 23.3 Å². The zero-order valence-corrected chi connectivity index (χ0v) is 11.7. The first-order valence-electron chi connectivity index (χ1n) is 6.36. The summed E-state index contributed by atoms with van der Waals surface area (Å²) in [5.41, 5.74) is 7.68. The first-order chi connectivity index (χ1) is 8.91. The summed E-state index contributed by atoms with van der Waals surface area (Å²) in [6.07, 6.45) is 0. The molecule has 0 heterocycles. The van der Waals surface area contributed by atoms with Gasteiger partial charge in [0.05, 0.1) is 12.2 Å². The quantitative estimate of drug-likeness (QED) is 0.521. The molecule has 19 heavy (non-hydrogen) atoms. The van der Waals surface area contributed by atoms with Crippen molar-refractivity contribution in [2.75, 3.05) is 30.8 Å². The fourth-order valence-corrected chi connectivity index (χ4v) is 1.66. The van der Waals surface area contributed by atoms with Crippen LogP contribution in [0, 0.1) is 12.8 Å². The van der Waals surface area contributed by atoms with Crippen LogP contribution in [0.3, 0.4) is 0 Å². The second-order valence-electron chi connectivity index (χ2n) is 4.96. The number of nitrogens with two attached hydrogens (primary N) is 1. The molecule has 106 valence electrons. The number of carbonyl (C=O) groups is 1. The molecular formula is C14H22N2O3. The van der Waals surface area contributed by atoms with E-state index in [0.29, 0.717) is 24.8 Å². The average Bonchev–Trinajstić information content (AvgIpc) is 2.32. The Morgan fingerprint density at radius 2 is 2.16 bits per heavy atom. The first kappa shape index (κ1) is 15.3. The van der Waals surface area contributed by atoms with Gasteiger partial charge >= 0.3 is 5.97 Å². The summed E-state index contributed by atoms with van der Waals surface area (Å²) in [5.74, 6) is -0.502. The molecule has 0 aromatic heterocycles. The lowest BCUT2D eigenvalue weighted by atomic mass is 10.1. The third-order valence-electron chi connectivity index (χ3n) is 2.64. The Labute approximate surface area is 113 Å². The molecular weight excluding hydrogens is 244 g/mol. The lowest BCUT2D eigenvalue weighted by Crippen LogP contribution is -2.13. The highest BCUT2D eigenvalue weighted by Gasteiger charge is 2.11. The summed E-state index contributed by atoms with van der Waals surface area (Å²) in [6.45, 7) is 7.93. The number of aryl methyl sites for hydroxylation is 1. The summed E-state index contributed by atoms with van der Waals surface area (Å²) in [6, 6.07) is 3.39. The van der Waals surface area contributed by atoms with Crippen LogP contribution in [0.2, 0.25) is 0 Å². The number of nitrogen functional groups attached to an aromatic ring is 1. The topological polar surface area (TPSA) is 84.6 Å². The van der Waals surface area contributed by atoms with E-state index in [1.54, 1.807) is 13.0 Å². The fraction of sp³-hybridized carbons (Fsp3) is 0.500. The Bertz CT molecular complexity index is 445. The van der Waals surface area contributed by atoms with Crippen LogP contribution < -0.4 is 11.1 Å². The third-order valence-corrected chi connectivity index (χ3v) is 2.64. The minimum Gasteiger partial charge on any atom is -0.478 e. The Kier molecular flexibility index (Phi) is 5.63. The third kappa shape index (κ3) is 4.79. The van der Waals surface area contributed by atoms with Crippen LogP contribution in [0.5, 0.6) is 0 Å². The van der Waals surface area contributed by atoms with Gasteiger partial charge in [0, 0.05) is 24.5 Å². The van der Waals surface area contributed by atoms with Crippen molar-refractivity contribution < 1.29 is 14.6 Å². The maximum Gasteiger partial charge on any atom is 0.337 e. The van der Waals surface area contributed by atoms with E-state index >= 15 is 0 Å². The van der Waals surface area contributed by atoms with Crippen LogP contribution in [0.15, 0.2) is 12.1 Å². The van der Waals surface area contributed by atoms with Gasteiger partial charge in [-0.25, -0.2) is 4.79 Å². The van der Waals surface area contributed by atoms with Crippen molar-refractivity contribution in [3.8, 4) is 0 Å². The fourth-order valence-electron chi connectivity index (χ4n) is 1.66. The second kappa shape index (κ2) is 6.99. The van der Waals surface area contributed by atoms with Crippen LogP contribution in [0.4, 0.5) is 11.4 Å². The normalized spacial score (nSPS) is 10.7. The number of carboxylic acids is 1. The lowest BCUT2D eigenvalue weighted by molar-refractivity contribution is 0.0698. The number of aromatic carboxylic acids is 1. The molecule has 5 nitrogen and oxygen atoms in total. The summed E-state index contributed by atoms with van der Waals surface area (Å²) in [5, 5.41) is 12.2. The van der Waals surface area contributed by atoms with Crippen LogP contribution in [-0.2, 0) is 4.74 Å². The van der Waals surface area contributed by atoms with E-state index in [0.717, 1.165) is 17.9 Å². The standard InChI is InChI=1S/C14H22N2O3/c1-9(2)8-19-5-4-16-11-6-10(3)13(15)12(7-11)14(17)18/h6-7,9,16H,4-5,8,15H2,1-3H3,(H,17,18). The van der Waals surface area contributed by atoms with Crippen molar-refractivity contribution in [2.24, 2.45) is 5.92 Å². The van der Waals surface area contributed by atoms with E-state index in [1.807, 2.05) is 6.07 Å². The predicted octanol–water partition coefficient (Wildman–Crippen LogP) is 2.36. The Morgan fingerprint density at radius 1 is 1.47 bits per heavy atom. The maximum absolute atomic E-state index is 11.0. The van der Waals surface area contributed by atoms with Gasteiger partial charge in [-0.3, -0.25) is 0 Å². The summed E-state index contributed by atoms with van der Waals surface area (Å²) in [7, 11) is 0. The van der Waals surface area contributed by atoms with Gasteiger partial charge in [0.25, 0.3) is 0 Å². The minimum atomic E-state index is -1.01. The van der Waals surface area contributed by atoms with E-state index in [1.165, 1.54) is 0 Å². The molecule has 0 aliphatic rings. The van der Waals surface area contributed by atoms with Crippen molar-refractivity contribution >= 4 is 17.3 Å². The molecule has 0 saturated heterocycles. The summed E-state index contributed by atoms with van der Waals surface area (Å²) in [4.78, 5) is 11.0. The smallest absolute Gasteiger partial charge is 0.337 e. The number of ether oxygens (including phenoxy) is 1. The highest BCUT2D eigenvalue weighted by Crippen LogP contribution is 2.22. The van der Waals surface area contributed by atoms with Crippen molar-refractivity contribution in [3.63, 3.8) is 0 Å². The summed E-state index contributed by atoms with van der Waals surface area (Å²) >= 11 is 0. The Hall–Kier alpha value is -1.75. The van der Waals surface area contributed by atoms with Crippen LogP contribution >= 0.6 is 0 Å². The van der Waals surface area contributed by atoms with Gasteiger partial charge in [-0.05, 0) is 30.5 Å². The van der Waals surface area contributed by atoms with Crippen molar-refractivity contribution in [1.82, 2.24) is 0 Å². The minimum absolute atomic E-state index is 0.130. The molecule has 0 unspecified atom stereocenters. The van der Waals surface area contributed by atoms with E-state index in [-0.39, 0.29) is 5.56 Å². The van der Waals surface area contributed by atoms with Gasteiger partial charge < -0.3 is 20.9 Å². The van der Waals surface area contributed by atoms with Gasteiger partial charge in [0.1, 0.15) is 0 Å². The molecule has 1 rings (SSSR count). The first-order valence-corrected chi connectivity index (χ1v) is 6.36. The second-order valence-corrected chi connectivity index (χ2v) is 4.96. The molecule has 1 aromatic carbocycles. The number of benzene rings is 1. The lowest BCUT2D eigenvalue weighted by Gasteiger charge is -2.12. The van der Waals surface area contributed by atoms with E-state index in [9.17, 15) is 4.79 Å². The monoisotopic (exact) mass is 266 g/mol. The molecule has 0 atom stereocenters. The SMILES string of the molecule is Cc1cc(NCCOCC(C)C)cc(C(=O)O)c1N. The maximum atomic E-state index is 11.0. The number of nitrogens with one attached hydrogen (secondary N) is 1. The molecule has 1 aromatic rings. The number of carboxylic acid groups (broad SMARTS) is 1. The van der Waals surface area contributed by atoms with Gasteiger partial charge in [-0.1, -0.05) is 13.8 Å². The van der Waals surface area contributed by atoms with Gasteiger partial charge in [-0.2, -0.15) is 0 Å². The van der Waals surface area contributed by atoms with Crippen LogP contribution in [-0.4, -0.2) is 30.8 Å². The van der Waals surface area contributed by atoms with Gasteiger partial charge in [-0.15, -0.1) is 0 Å². The molecule has 5 heteroatoms. The largest absolute Gasteiger partial charge is 0.478 e. The van der Waals surface area contributed by atoms with Crippen LogP contribution in [0.25, 0.3) is 0 Å². The Morgan fingerprint density at radius 3 is 2.74 bits per heavy atom. The predicted molar refractivity (Wildman–Crippen MR) is 76.7 cm³/mol. The molecule has 0 saturated carbocycles. The van der Waals surface area contributed by atoms with Crippen molar-refractivity contribution in [2.45, 2.75) is 20.8 Å². The molecule has 0 spiro atoms.